The van der Waals surface area contributed by atoms with E-state index in [2.05, 4.69) is 15.2 Å². The average molecular weight is 477 g/mol. The van der Waals surface area contributed by atoms with Gasteiger partial charge in [0.1, 0.15) is 16.4 Å². The first-order chi connectivity index (χ1) is 16.0. The van der Waals surface area contributed by atoms with E-state index >= 15 is 0 Å². The molecule has 0 saturated carbocycles. The van der Waals surface area contributed by atoms with Crippen molar-refractivity contribution < 1.29 is 4.74 Å². The lowest BCUT2D eigenvalue weighted by molar-refractivity contribution is 0.415. The number of ether oxygens (including phenoxy) is 1. The quantitative estimate of drug-likeness (QED) is 0.274. The Hall–Kier alpha value is -3.63. The van der Waals surface area contributed by atoms with Crippen molar-refractivity contribution in [3.63, 3.8) is 0 Å². The summed E-state index contributed by atoms with van der Waals surface area (Å²) in [5, 5.41) is 11.4. The normalized spacial score (nSPS) is 12.2. The van der Waals surface area contributed by atoms with Gasteiger partial charge in [0, 0.05) is 16.5 Å². The number of benzene rings is 2. The molecule has 3 N–H and O–H groups in total. The third kappa shape index (κ3) is 3.98. The van der Waals surface area contributed by atoms with Crippen LogP contribution in [0.25, 0.3) is 32.7 Å². The Morgan fingerprint density at radius 3 is 2.58 bits per heavy atom. The molecule has 33 heavy (non-hydrogen) atoms. The summed E-state index contributed by atoms with van der Waals surface area (Å²) in [7, 11) is 1.62. The molecule has 0 amide bonds. The minimum atomic E-state index is -0.195. The van der Waals surface area contributed by atoms with E-state index in [9.17, 15) is 4.79 Å². The minimum Gasteiger partial charge on any atom is -0.497 e. The van der Waals surface area contributed by atoms with Gasteiger partial charge in [0.15, 0.2) is 5.82 Å². The lowest BCUT2D eigenvalue weighted by Crippen LogP contribution is -2.14. The molecular formula is C23H20N6O2S2. The van der Waals surface area contributed by atoms with E-state index in [0.717, 1.165) is 22.4 Å². The van der Waals surface area contributed by atoms with Crippen LogP contribution in [-0.4, -0.2) is 32.0 Å². The van der Waals surface area contributed by atoms with Crippen LogP contribution in [0.1, 0.15) is 18.0 Å². The Balaban J connectivity index is 1.42. The highest BCUT2D eigenvalue weighted by Gasteiger charge is 2.20. The number of nitrogens with zero attached hydrogens (tertiary/aromatic N) is 4. The second-order valence-corrected chi connectivity index (χ2v) is 9.48. The molecular weight excluding hydrogens is 456 g/mol. The van der Waals surface area contributed by atoms with Crippen LogP contribution < -0.4 is 16.1 Å². The Morgan fingerprint density at radius 2 is 1.85 bits per heavy atom. The Kier molecular flexibility index (Phi) is 5.61. The van der Waals surface area contributed by atoms with Crippen molar-refractivity contribution in [3.05, 3.63) is 76.2 Å². The lowest BCUT2D eigenvalue weighted by atomic mass is 10.1. The number of methoxy groups -OCH3 is 1. The molecule has 5 rings (SSSR count). The fourth-order valence-corrected chi connectivity index (χ4v) is 5.28. The molecule has 0 saturated heterocycles. The van der Waals surface area contributed by atoms with Gasteiger partial charge >= 0.3 is 0 Å². The second-order valence-electron chi connectivity index (χ2n) is 7.31. The summed E-state index contributed by atoms with van der Waals surface area (Å²) in [6.07, 6.45) is 0. The summed E-state index contributed by atoms with van der Waals surface area (Å²) in [4.78, 5) is 21.3. The molecule has 1 atom stereocenters. The molecule has 10 heteroatoms. The van der Waals surface area contributed by atoms with Gasteiger partial charge in [-0.05, 0) is 36.8 Å². The first-order valence-corrected chi connectivity index (χ1v) is 11.9. The average Bonchev–Trinajstić information content (AvgIpc) is 3.44. The maximum absolute atomic E-state index is 13.0. The molecule has 1 unspecified atom stereocenters. The van der Waals surface area contributed by atoms with Crippen molar-refractivity contribution in [2.75, 3.05) is 13.0 Å². The van der Waals surface area contributed by atoms with E-state index in [1.165, 1.54) is 27.8 Å². The van der Waals surface area contributed by atoms with E-state index in [1.807, 2.05) is 66.9 Å². The second kappa shape index (κ2) is 8.72. The van der Waals surface area contributed by atoms with E-state index < -0.39 is 0 Å². The third-order valence-electron chi connectivity index (χ3n) is 5.23. The molecule has 0 fully saturated rings. The number of nitrogen functional groups attached to an aromatic ring is 1. The fourth-order valence-electron chi connectivity index (χ4n) is 3.50. The molecule has 5 aromatic rings. The van der Waals surface area contributed by atoms with Gasteiger partial charge in [0.05, 0.1) is 17.7 Å². The molecule has 0 aliphatic carbocycles. The van der Waals surface area contributed by atoms with E-state index in [4.69, 9.17) is 15.6 Å². The third-order valence-corrected chi connectivity index (χ3v) is 7.17. The highest BCUT2D eigenvalue weighted by atomic mass is 32.2. The Bertz CT molecular complexity index is 1470. The van der Waals surface area contributed by atoms with Gasteiger partial charge in [0.25, 0.3) is 5.56 Å². The van der Waals surface area contributed by atoms with Crippen LogP contribution in [0.15, 0.2) is 69.9 Å². The number of H-pyrrole nitrogens is 1. The number of aromatic nitrogens is 5. The summed E-state index contributed by atoms with van der Waals surface area (Å²) in [6, 6.07) is 17.3. The van der Waals surface area contributed by atoms with E-state index in [1.54, 1.807) is 7.11 Å². The summed E-state index contributed by atoms with van der Waals surface area (Å²) in [5.74, 6) is 8.12. The van der Waals surface area contributed by atoms with Crippen molar-refractivity contribution in [2.45, 2.75) is 17.3 Å². The van der Waals surface area contributed by atoms with Gasteiger partial charge in [-0.1, -0.05) is 42.1 Å². The van der Waals surface area contributed by atoms with Crippen molar-refractivity contribution >= 4 is 33.3 Å². The molecule has 0 aliphatic rings. The first kappa shape index (κ1) is 21.2. The molecule has 0 bridgehead atoms. The van der Waals surface area contributed by atoms with Crippen LogP contribution in [0, 0.1) is 0 Å². The number of nitrogens with two attached hydrogens (primary N) is 1. The summed E-state index contributed by atoms with van der Waals surface area (Å²) in [6.45, 7) is 1.95. The van der Waals surface area contributed by atoms with Gasteiger partial charge < -0.3 is 15.6 Å². The number of thiophene rings is 1. The zero-order valence-corrected chi connectivity index (χ0v) is 19.5. The SMILES string of the molecule is COc1ccc(-c2nnc(SC(C)c3nc4scc(-c5ccccc5)c4c(=O)[nH]3)n2N)cc1. The van der Waals surface area contributed by atoms with Gasteiger partial charge in [-0.2, -0.15) is 0 Å². The highest BCUT2D eigenvalue weighted by Crippen LogP contribution is 2.35. The zero-order chi connectivity index (χ0) is 22.9. The van der Waals surface area contributed by atoms with Crippen molar-refractivity contribution in [1.29, 1.82) is 0 Å². The molecule has 3 aromatic heterocycles. The molecule has 3 heterocycles. The predicted octanol–water partition coefficient (Wildman–Crippen LogP) is 4.49. The van der Waals surface area contributed by atoms with Gasteiger partial charge in [-0.3, -0.25) is 4.79 Å². The molecule has 0 radical (unpaired) electrons. The standard InChI is InChI=1S/C23H20N6O2S2/c1-13(33-23-28-27-20(29(23)24)15-8-10-16(31-2)11-9-15)19-25-21(30)18-17(12-32-22(18)26-19)14-6-4-3-5-7-14/h3-13H,24H2,1-2H3,(H,25,26,30). The van der Waals surface area contributed by atoms with Gasteiger partial charge in [-0.15, -0.1) is 21.5 Å². The van der Waals surface area contributed by atoms with E-state index in [-0.39, 0.29) is 10.8 Å². The molecule has 0 spiro atoms. The highest BCUT2D eigenvalue weighted by molar-refractivity contribution is 7.99. The van der Waals surface area contributed by atoms with E-state index in [0.29, 0.717) is 27.0 Å². The zero-order valence-electron chi connectivity index (χ0n) is 17.9. The first-order valence-electron chi connectivity index (χ1n) is 10.1. The number of nitrogens with one attached hydrogen (secondary N) is 1. The van der Waals surface area contributed by atoms with Gasteiger partial charge in [-0.25, -0.2) is 9.66 Å². The van der Waals surface area contributed by atoms with Crippen molar-refractivity contribution in [3.8, 4) is 28.3 Å². The van der Waals surface area contributed by atoms with Crippen LogP contribution >= 0.6 is 23.1 Å². The Labute approximate surface area is 197 Å². The number of rotatable bonds is 6. The topological polar surface area (TPSA) is 112 Å². The van der Waals surface area contributed by atoms with Crippen molar-refractivity contribution in [2.24, 2.45) is 0 Å². The van der Waals surface area contributed by atoms with Crippen LogP contribution in [0.5, 0.6) is 5.75 Å². The number of hydrogen-bond acceptors (Lipinski definition) is 8. The number of aromatic amines is 1. The smallest absolute Gasteiger partial charge is 0.260 e. The number of thioether (sulfide) groups is 1. The molecule has 8 nitrogen and oxygen atoms in total. The molecule has 166 valence electrons. The Morgan fingerprint density at radius 1 is 1.09 bits per heavy atom. The van der Waals surface area contributed by atoms with Crippen molar-refractivity contribution in [1.82, 2.24) is 24.8 Å². The van der Waals surface area contributed by atoms with Crippen LogP contribution in [-0.2, 0) is 0 Å². The van der Waals surface area contributed by atoms with Crippen LogP contribution in [0.3, 0.4) is 0 Å². The van der Waals surface area contributed by atoms with Crippen LogP contribution in [0.4, 0.5) is 0 Å². The predicted molar refractivity (Wildman–Crippen MR) is 132 cm³/mol. The summed E-state index contributed by atoms with van der Waals surface area (Å²) in [5.41, 5.74) is 2.55. The summed E-state index contributed by atoms with van der Waals surface area (Å²) < 4.78 is 6.64. The maximum Gasteiger partial charge on any atom is 0.260 e. The largest absolute Gasteiger partial charge is 0.497 e. The number of fused-ring (bicyclic) bond motifs is 1. The lowest BCUT2D eigenvalue weighted by Gasteiger charge is -2.10. The number of hydrogen-bond donors (Lipinski definition) is 2. The van der Waals surface area contributed by atoms with Gasteiger partial charge in [0.2, 0.25) is 5.16 Å². The summed E-state index contributed by atoms with van der Waals surface area (Å²) >= 11 is 2.84. The maximum atomic E-state index is 13.0. The monoisotopic (exact) mass is 476 g/mol. The fraction of sp³-hybridized carbons (Fsp3) is 0.130. The van der Waals surface area contributed by atoms with Crippen LogP contribution in [0.2, 0.25) is 0 Å². The molecule has 2 aromatic carbocycles. The minimum absolute atomic E-state index is 0.157. The molecule has 0 aliphatic heterocycles.